The lowest BCUT2D eigenvalue weighted by Gasteiger charge is -2.38. The summed E-state index contributed by atoms with van der Waals surface area (Å²) in [6.45, 7) is 5.07. The first-order valence-corrected chi connectivity index (χ1v) is 12.9. The van der Waals surface area contributed by atoms with Gasteiger partial charge in [0.15, 0.2) is 11.3 Å². The highest BCUT2D eigenvalue weighted by molar-refractivity contribution is 6.35. The Labute approximate surface area is 231 Å². The van der Waals surface area contributed by atoms with Gasteiger partial charge in [-0.3, -0.25) is 9.69 Å². The van der Waals surface area contributed by atoms with Gasteiger partial charge in [-0.1, -0.05) is 42.3 Å². The Morgan fingerprint density at radius 2 is 2.11 bits per heavy atom. The van der Waals surface area contributed by atoms with Crippen molar-refractivity contribution < 1.29 is 4.79 Å². The second kappa shape index (κ2) is 11.0. The molecule has 3 aromatic rings. The predicted molar refractivity (Wildman–Crippen MR) is 147 cm³/mol. The number of aromatic nitrogens is 4. The van der Waals surface area contributed by atoms with E-state index in [4.69, 9.17) is 33.9 Å². The summed E-state index contributed by atoms with van der Waals surface area (Å²) < 4.78 is 1.71. The number of amides is 1. The molecule has 8 nitrogen and oxygen atoms in total. The minimum absolute atomic E-state index is 0. The van der Waals surface area contributed by atoms with E-state index in [1.165, 1.54) is 0 Å². The van der Waals surface area contributed by atoms with Crippen molar-refractivity contribution in [2.75, 3.05) is 6.54 Å². The molecule has 2 N–H and O–H groups in total. The van der Waals surface area contributed by atoms with Gasteiger partial charge in [-0.15, -0.1) is 12.4 Å². The maximum Gasteiger partial charge on any atom is 0.234 e. The Hall–Kier alpha value is -2.70. The Morgan fingerprint density at radius 3 is 2.78 bits per heavy atom. The van der Waals surface area contributed by atoms with Crippen LogP contribution in [0.5, 0.6) is 0 Å². The first-order valence-electron chi connectivity index (χ1n) is 12.1. The van der Waals surface area contributed by atoms with Gasteiger partial charge in [0.1, 0.15) is 11.6 Å². The molecule has 1 aliphatic heterocycles. The lowest BCUT2D eigenvalue weighted by Crippen LogP contribution is -2.48. The molecule has 1 aromatic carbocycles. The van der Waals surface area contributed by atoms with E-state index in [0.717, 1.165) is 49.1 Å². The molecule has 0 bridgehead atoms. The molecule has 1 aliphatic carbocycles. The zero-order valence-corrected chi connectivity index (χ0v) is 22.9. The van der Waals surface area contributed by atoms with Crippen molar-refractivity contribution in [2.45, 2.75) is 57.7 Å². The van der Waals surface area contributed by atoms with E-state index >= 15 is 0 Å². The molecule has 4 atom stereocenters. The fraction of sp³-hybridized carbons (Fsp3) is 0.423. The monoisotopic (exact) mass is 559 g/mol. The van der Waals surface area contributed by atoms with Gasteiger partial charge in [0.05, 0.1) is 24.0 Å². The van der Waals surface area contributed by atoms with E-state index in [2.05, 4.69) is 34.1 Å². The minimum atomic E-state index is -0.284. The Kier molecular flexibility index (Phi) is 8.10. The minimum Gasteiger partial charge on any atom is -0.368 e. The van der Waals surface area contributed by atoms with Crippen LogP contribution in [0.25, 0.3) is 16.7 Å². The van der Waals surface area contributed by atoms with Crippen LogP contribution in [-0.2, 0) is 4.79 Å². The number of nitriles is 1. The van der Waals surface area contributed by atoms with E-state index in [9.17, 15) is 10.1 Å². The van der Waals surface area contributed by atoms with Gasteiger partial charge in [-0.25, -0.2) is 14.6 Å². The predicted octanol–water partition coefficient (Wildman–Crippen LogP) is 5.17. The summed E-state index contributed by atoms with van der Waals surface area (Å²) in [6, 6.07) is 7.27. The summed E-state index contributed by atoms with van der Waals surface area (Å²) in [6.07, 6.45) is 7.37. The Bertz CT molecular complexity index is 1410. The smallest absolute Gasteiger partial charge is 0.234 e. The zero-order chi connectivity index (χ0) is 25.6. The lowest BCUT2D eigenvalue weighted by molar-refractivity contribution is -0.123. The second-order valence-corrected chi connectivity index (χ2v) is 10.5. The summed E-state index contributed by atoms with van der Waals surface area (Å²) in [5, 5.41) is 15.2. The number of primary amides is 1. The van der Waals surface area contributed by atoms with Crippen molar-refractivity contribution in [3.8, 4) is 6.07 Å². The summed E-state index contributed by atoms with van der Waals surface area (Å²) in [5.41, 5.74) is 9.57. The van der Waals surface area contributed by atoms with Crippen LogP contribution in [0.1, 0.15) is 62.5 Å². The van der Waals surface area contributed by atoms with E-state index < -0.39 is 0 Å². The average Bonchev–Trinajstić information content (AvgIpc) is 3.48. The third kappa shape index (κ3) is 5.06. The summed E-state index contributed by atoms with van der Waals surface area (Å²) in [4.78, 5) is 23.7. The van der Waals surface area contributed by atoms with Crippen LogP contribution in [-0.4, -0.2) is 49.2 Å². The Balaban J connectivity index is 0.00000320. The molecule has 2 aliphatic rings. The van der Waals surface area contributed by atoms with Gasteiger partial charge >= 0.3 is 0 Å². The molecule has 37 heavy (non-hydrogen) atoms. The van der Waals surface area contributed by atoms with Crippen molar-refractivity contribution in [3.63, 3.8) is 0 Å². The number of carbonyl (C=O) groups excluding carboxylic acids is 1. The largest absolute Gasteiger partial charge is 0.368 e. The average molecular weight is 561 g/mol. The maximum atomic E-state index is 11.9. The van der Waals surface area contributed by atoms with Crippen molar-refractivity contribution in [1.29, 1.82) is 5.26 Å². The number of nitrogens with zero attached hydrogens (tertiary/aromatic N) is 6. The van der Waals surface area contributed by atoms with Gasteiger partial charge in [0, 0.05) is 16.1 Å². The van der Waals surface area contributed by atoms with Crippen molar-refractivity contribution in [2.24, 2.45) is 11.7 Å². The number of rotatable bonds is 5. The molecular weight excluding hydrogens is 533 g/mol. The van der Waals surface area contributed by atoms with Crippen LogP contribution < -0.4 is 5.73 Å². The molecule has 3 heterocycles. The lowest BCUT2D eigenvalue weighted by atomic mass is 9.83. The molecule has 2 aromatic heterocycles. The third-order valence-electron chi connectivity index (χ3n) is 7.47. The molecule has 1 amide bonds. The topological polar surface area (TPSA) is 114 Å². The molecule has 1 fully saturated rings. The first-order chi connectivity index (χ1) is 17.3. The standard InChI is InChI=1S/C26H27Cl2N7O.ClH/c1-14-10-16(5-8-22(14)34-9-3-4-23(34)25(30)36)21-13-31-24-20(12-29)33-35(26(24)32-21)15(2)18-7-6-17(27)11-19(18)28;/h5-7,11,13-15,22-23H,3-4,8-10H2,1-2H3,(H2,30,36);1H/t14?,15-,22?,23+;/m1./s1. The number of nitrogens with two attached hydrogens (primary N) is 1. The number of allylic oxidation sites excluding steroid dienone is 1. The number of hydrogen-bond acceptors (Lipinski definition) is 6. The van der Waals surface area contributed by atoms with Crippen LogP contribution in [0.4, 0.5) is 0 Å². The zero-order valence-electron chi connectivity index (χ0n) is 20.6. The number of halogens is 3. The number of benzene rings is 1. The van der Waals surface area contributed by atoms with Crippen LogP contribution >= 0.6 is 35.6 Å². The van der Waals surface area contributed by atoms with E-state index in [1.807, 2.05) is 13.0 Å². The van der Waals surface area contributed by atoms with Gasteiger partial charge in [0.2, 0.25) is 5.91 Å². The van der Waals surface area contributed by atoms with Crippen LogP contribution in [0.15, 0.2) is 30.5 Å². The third-order valence-corrected chi connectivity index (χ3v) is 8.03. The highest BCUT2D eigenvalue weighted by Gasteiger charge is 2.37. The fourth-order valence-corrected chi connectivity index (χ4v) is 6.17. The van der Waals surface area contributed by atoms with Gasteiger partial charge < -0.3 is 5.73 Å². The molecule has 194 valence electrons. The fourth-order valence-electron chi connectivity index (χ4n) is 5.61. The Morgan fingerprint density at radius 1 is 1.32 bits per heavy atom. The van der Waals surface area contributed by atoms with E-state index in [0.29, 0.717) is 27.1 Å². The number of likely N-dealkylation sites (tertiary alicyclic amines) is 1. The molecule has 11 heteroatoms. The van der Waals surface area contributed by atoms with Crippen LogP contribution in [0.2, 0.25) is 10.0 Å². The SMILES string of the molecule is CC1CC(c2cnc3c(C#N)nn([C@H](C)c4ccc(Cl)cc4Cl)c3n2)=CCC1N1CCC[C@H]1C(N)=O.Cl. The first kappa shape index (κ1) is 27.3. The molecular formula is C26H28Cl3N7O. The summed E-state index contributed by atoms with van der Waals surface area (Å²) in [5.74, 6) is 0.0936. The molecule has 5 rings (SSSR count). The number of fused-ring (bicyclic) bond motifs is 1. The molecule has 0 saturated carbocycles. The van der Waals surface area contributed by atoms with Gasteiger partial charge in [0.25, 0.3) is 0 Å². The second-order valence-electron chi connectivity index (χ2n) is 9.69. The number of carbonyl (C=O) groups is 1. The normalized spacial score (nSPS) is 22.8. The molecule has 0 spiro atoms. The van der Waals surface area contributed by atoms with Crippen LogP contribution in [0.3, 0.4) is 0 Å². The highest BCUT2D eigenvalue weighted by Crippen LogP contribution is 2.37. The molecule has 0 radical (unpaired) electrons. The summed E-state index contributed by atoms with van der Waals surface area (Å²) in [7, 11) is 0. The van der Waals surface area contributed by atoms with E-state index in [-0.39, 0.29) is 42.1 Å². The molecule has 2 unspecified atom stereocenters. The van der Waals surface area contributed by atoms with Crippen molar-refractivity contribution in [1.82, 2.24) is 24.6 Å². The quantitative estimate of drug-likeness (QED) is 0.461. The number of hydrogen-bond donors (Lipinski definition) is 1. The van der Waals surface area contributed by atoms with Crippen LogP contribution in [0, 0.1) is 17.2 Å². The van der Waals surface area contributed by atoms with E-state index in [1.54, 1.807) is 23.0 Å². The van der Waals surface area contributed by atoms with Crippen molar-refractivity contribution in [3.05, 3.63) is 57.5 Å². The maximum absolute atomic E-state index is 11.9. The summed E-state index contributed by atoms with van der Waals surface area (Å²) >= 11 is 12.5. The van der Waals surface area contributed by atoms with Gasteiger partial charge in [-0.2, -0.15) is 10.4 Å². The molecule has 1 saturated heterocycles. The van der Waals surface area contributed by atoms with Gasteiger partial charge in [-0.05, 0) is 68.3 Å². The highest BCUT2D eigenvalue weighted by atomic mass is 35.5. The van der Waals surface area contributed by atoms with Crippen molar-refractivity contribution >= 4 is 58.3 Å².